The highest BCUT2D eigenvalue weighted by atomic mass is 16.3. The van der Waals surface area contributed by atoms with Gasteiger partial charge in [-0.15, -0.1) is 0 Å². The van der Waals surface area contributed by atoms with Crippen molar-refractivity contribution in [1.29, 1.82) is 0 Å². The van der Waals surface area contributed by atoms with Gasteiger partial charge in [0.05, 0.1) is 0 Å². The second kappa shape index (κ2) is 11.9. The summed E-state index contributed by atoms with van der Waals surface area (Å²) in [7, 11) is 0. The summed E-state index contributed by atoms with van der Waals surface area (Å²) in [5.41, 5.74) is 20.7. The molecule has 56 heavy (non-hydrogen) atoms. The highest BCUT2D eigenvalue weighted by Gasteiger charge is 2.42. The van der Waals surface area contributed by atoms with Crippen LogP contribution < -0.4 is 4.90 Å². The van der Waals surface area contributed by atoms with Gasteiger partial charge >= 0.3 is 0 Å². The van der Waals surface area contributed by atoms with Crippen molar-refractivity contribution >= 4 is 39.0 Å². The van der Waals surface area contributed by atoms with Crippen LogP contribution in [0.15, 0.2) is 180 Å². The summed E-state index contributed by atoms with van der Waals surface area (Å²) in [6.07, 6.45) is 0. The van der Waals surface area contributed by atoms with Crippen LogP contribution in [0.1, 0.15) is 49.9 Å². The second-order valence-corrected chi connectivity index (χ2v) is 16.5. The molecule has 1 heterocycles. The van der Waals surface area contributed by atoms with E-state index < -0.39 is 0 Å². The molecule has 0 radical (unpaired) electrons. The average molecular weight is 720 g/mol. The summed E-state index contributed by atoms with van der Waals surface area (Å²) >= 11 is 0. The SMILES string of the molecule is CC1(C)c2cc(N(c3ccc(-c4ccccc4)cc3)c3ccc4c(c3)oc3ccccc34)ccc2-c2cc3c(cc21)-c1c(-c2ccccc2)cccc1C3(C)C. The molecule has 11 rings (SSSR count). The zero-order valence-corrected chi connectivity index (χ0v) is 32.1. The predicted octanol–water partition coefficient (Wildman–Crippen LogP) is 15.0. The topological polar surface area (TPSA) is 16.4 Å². The molecule has 0 unspecified atom stereocenters. The fourth-order valence-corrected chi connectivity index (χ4v) is 9.73. The Morgan fingerprint density at radius 3 is 1.71 bits per heavy atom. The lowest BCUT2D eigenvalue weighted by Crippen LogP contribution is -2.17. The van der Waals surface area contributed by atoms with Crippen LogP contribution in [-0.2, 0) is 10.8 Å². The molecule has 0 fully saturated rings. The summed E-state index contributed by atoms with van der Waals surface area (Å²) in [4.78, 5) is 2.38. The normalized spacial score (nSPS) is 14.4. The van der Waals surface area contributed by atoms with Crippen LogP contribution in [0.5, 0.6) is 0 Å². The van der Waals surface area contributed by atoms with E-state index in [0.29, 0.717) is 0 Å². The largest absolute Gasteiger partial charge is 0.456 e. The Bertz CT molecular complexity index is 3000. The highest BCUT2D eigenvalue weighted by Crippen LogP contribution is 2.58. The molecule has 0 aliphatic heterocycles. The molecule has 0 spiro atoms. The van der Waals surface area contributed by atoms with Crippen LogP contribution in [-0.4, -0.2) is 0 Å². The lowest BCUT2D eigenvalue weighted by atomic mass is 9.79. The van der Waals surface area contributed by atoms with E-state index in [1.165, 1.54) is 66.8 Å². The van der Waals surface area contributed by atoms with E-state index in [9.17, 15) is 0 Å². The maximum atomic E-state index is 6.43. The number of nitrogens with zero attached hydrogens (tertiary/aromatic N) is 1. The van der Waals surface area contributed by atoms with Gasteiger partial charge in [-0.25, -0.2) is 0 Å². The Labute approximate surface area is 328 Å². The summed E-state index contributed by atoms with van der Waals surface area (Å²) in [5.74, 6) is 0. The van der Waals surface area contributed by atoms with Gasteiger partial charge in [0.25, 0.3) is 0 Å². The van der Waals surface area contributed by atoms with E-state index >= 15 is 0 Å². The fraction of sp³-hybridized carbons (Fsp3) is 0.111. The molecule has 2 heteroatoms. The zero-order chi connectivity index (χ0) is 37.8. The third-order valence-electron chi connectivity index (χ3n) is 12.7. The van der Waals surface area contributed by atoms with Crippen molar-refractivity contribution in [1.82, 2.24) is 0 Å². The van der Waals surface area contributed by atoms with Crippen molar-refractivity contribution in [2.75, 3.05) is 4.90 Å². The number of para-hydroxylation sites is 1. The smallest absolute Gasteiger partial charge is 0.137 e. The van der Waals surface area contributed by atoms with Crippen molar-refractivity contribution < 1.29 is 4.42 Å². The summed E-state index contributed by atoms with van der Waals surface area (Å²) in [5, 5.41) is 2.26. The number of furan rings is 1. The van der Waals surface area contributed by atoms with Crippen molar-refractivity contribution in [2.24, 2.45) is 0 Å². The predicted molar refractivity (Wildman–Crippen MR) is 234 cm³/mol. The first-order valence-electron chi connectivity index (χ1n) is 19.7. The quantitative estimate of drug-likeness (QED) is 0.176. The summed E-state index contributed by atoms with van der Waals surface area (Å²) in [6.45, 7) is 9.58. The van der Waals surface area contributed by atoms with Crippen LogP contribution in [0.2, 0.25) is 0 Å². The lowest BCUT2D eigenvalue weighted by Gasteiger charge is -2.28. The molecular formula is C54H41NO. The van der Waals surface area contributed by atoms with Gasteiger partial charge in [-0.2, -0.15) is 0 Å². The van der Waals surface area contributed by atoms with Crippen molar-refractivity contribution in [3.8, 4) is 44.5 Å². The van der Waals surface area contributed by atoms with Crippen LogP contribution >= 0.6 is 0 Å². The van der Waals surface area contributed by atoms with Gasteiger partial charge in [0.15, 0.2) is 0 Å². The molecule has 9 aromatic rings. The minimum Gasteiger partial charge on any atom is -0.456 e. The average Bonchev–Trinajstić information content (AvgIpc) is 3.80. The number of anilines is 3. The molecule has 0 N–H and O–H groups in total. The van der Waals surface area contributed by atoms with Crippen LogP contribution in [0.4, 0.5) is 17.1 Å². The minimum atomic E-state index is -0.212. The maximum absolute atomic E-state index is 6.43. The monoisotopic (exact) mass is 719 g/mol. The molecule has 0 saturated carbocycles. The number of rotatable bonds is 5. The first kappa shape index (κ1) is 32.8. The number of fused-ring (bicyclic) bond motifs is 9. The van der Waals surface area contributed by atoms with Crippen molar-refractivity contribution in [2.45, 2.75) is 38.5 Å². The molecule has 0 bridgehead atoms. The number of hydrogen-bond donors (Lipinski definition) is 0. The molecule has 1 aromatic heterocycles. The Morgan fingerprint density at radius 1 is 0.357 bits per heavy atom. The zero-order valence-electron chi connectivity index (χ0n) is 32.1. The van der Waals surface area contributed by atoms with Crippen LogP contribution in [0.3, 0.4) is 0 Å². The standard InChI is InChI=1S/C54H41NO/c1-53(2)46-20-13-19-40(36-16-9-6-10-17-36)52(46)45-33-48-44(32-49(45)53)41-28-26-38(30-47(41)54(48,3)4)55(37-24-22-35(23-25-37)34-14-7-5-8-15-34)39-27-29-43-42-18-11-12-21-50(42)56-51(43)31-39/h5-33H,1-4H3. The summed E-state index contributed by atoms with van der Waals surface area (Å²) < 4.78 is 6.43. The third kappa shape index (κ3) is 4.75. The van der Waals surface area contributed by atoms with Crippen molar-refractivity contribution in [3.05, 3.63) is 198 Å². The molecule has 2 aliphatic rings. The van der Waals surface area contributed by atoms with E-state index in [4.69, 9.17) is 4.42 Å². The molecule has 8 aromatic carbocycles. The summed E-state index contributed by atoms with van der Waals surface area (Å²) in [6, 6.07) is 64.3. The molecule has 0 atom stereocenters. The molecule has 268 valence electrons. The van der Waals surface area contributed by atoms with Crippen LogP contribution in [0, 0.1) is 0 Å². The van der Waals surface area contributed by atoms with E-state index in [2.05, 4.69) is 196 Å². The highest BCUT2D eigenvalue weighted by molar-refractivity contribution is 6.06. The van der Waals surface area contributed by atoms with Gasteiger partial charge in [0.2, 0.25) is 0 Å². The van der Waals surface area contributed by atoms with E-state index in [1.54, 1.807) is 0 Å². The number of hydrogen-bond acceptors (Lipinski definition) is 2. The molecule has 2 nitrogen and oxygen atoms in total. The Hall–Kier alpha value is -6.64. The lowest BCUT2D eigenvalue weighted by molar-refractivity contribution is 0.652. The van der Waals surface area contributed by atoms with Gasteiger partial charge in [-0.05, 0) is 121 Å². The Morgan fingerprint density at radius 2 is 0.929 bits per heavy atom. The first-order valence-corrected chi connectivity index (χ1v) is 19.7. The Balaban J connectivity index is 1.06. The Kier molecular flexibility index (Phi) is 6.98. The molecule has 0 amide bonds. The van der Waals surface area contributed by atoms with Crippen molar-refractivity contribution in [3.63, 3.8) is 0 Å². The maximum Gasteiger partial charge on any atom is 0.137 e. The van der Waals surface area contributed by atoms with E-state index in [-0.39, 0.29) is 10.8 Å². The second-order valence-electron chi connectivity index (χ2n) is 16.5. The van der Waals surface area contributed by atoms with Gasteiger partial charge in [0, 0.05) is 44.7 Å². The molecular weight excluding hydrogens is 679 g/mol. The molecule has 2 aliphatic carbocycles. The van der Waals surface area contributed by atoms with E-state index in [1.807, 2.05) is 12.1 Å². The van der Waals surface area contributed by atoms with Gasteiger partial charge < -0.3 is 9.32 Å². The first-order chi connectivity index (χ1) is 27.3. The number of benzene rings is 8. The molecule has 0 saturated heterocycles. The van der Waals surface area contributed by atoms with Crippen LogP contribution in [0.25, 0.3) is 66.4 Å². The van der Waals surface area contributed by atoms with Gasteiger partial charge in [0.1, 0.15) is 11.2 Å². The minimum absolute atomic E-state index is 0.116. The van der Waals surface area contributed by atoms with E-state index in [0.717, 1.165) is 39.0 Å². The fourth-order valence-electron chi connectivity index (χ4n) is 9.73. The third-order valence-corrected chi connectivity index (χ3v) is 12.7. The van der Waals surface area contributed by atoms with Gasteiger partial charge in [-0.1, -0.05) is 143 Å². The van der Waals surface area contributed by atoms with Gasteiger partial charge in [-0.3, -0.25) is 0 Å².